The van der Waals surface area contributed by atoms with Gasteiger partial charge in [-0.15, -0.1) is 0 Å². The smallest absolute Gasteiger partial charge is 0.352 e. The van der Waals surface area contributed by atoms with Gasteiger partial charge in [-0.3, -0.25) is 14.7 Å². The van der Waals surface area contributed by atoms with Crippen LogP contribution in [0.15, 0.2) is 29.3 Å². The van der Waals surface area contributed by atoms with Crippen molar-refractivity contribution in [3.63, 3.8) is 0 Å². The van der Waals surface area contributed by atoms with E-state index in [4.69, 9.17) is 0 Å². The van der Waals surface area contributed by atoms with Gasteiger partial charge in [-0.25, -0.2) is 0 Å². The summed E-state index contributed by atoms with van der Waals surface area (Å²) in [5.41, 5.74) is 1.75. The van der Waals surface area contributed by atoms with E-state index in [0.717, 1.165) is 36.9 Å². The first-order valence-corrected chi connectivity index (χ1v) is 10.5. The van der Waals surface area contributed by atoms with Gasteiger partial charge in [0, 0.05) is 44.3 Å². The Morgan fingerprint density at radius 2 is 2.00 bits per heavy atom. The number of benzene rings is 1. The first-order valence-electron chi connectivity index (χ1n) is 10.5. The van der Waals surface area contributed by atoms with Crippen LogP contribution in [-0.2, 0) is 11.3 Å². The molecule has 1 aliphatic carbocycles. The fourth-order valence-electron chi connectivity index (χ4n) is 4.11. The molecule has 2 fully saturated rings. The number of hydrogen-bond acceptors (Lipinski definition) is 3. The summed E-state index contributed by atoms with van der Waals surface area (Å²) >= 11 is 0. The van der Waals surface area contributed by atoms with E-state index in [2.05, 4.69) is 20.9 Å². The maximum Gasteiger partial charge on any atom is 0.401 e. The summed E-state index contributed by atoms with van der Waals surface area (Å²) in [6.07, 6.45) is 0.603. The third-order valence-electron chi connectivity index (χ3n) is 5.62. The maximum atomic E-state index is 12.5. The molecule has 1 heterocycles. The van der Waals surface area contributed by atoms with Gasteiger partial charge in [-0.05, 0) is 37.0 Å². The minimum absolute atomic E-state index is 0.0735. The molecule has 1 aliphatic heterocycles. The number of hydrogen-bond donors (Lipinski definition) is 3. The maximum absolute atomic E-state index is 12.5. The zero-order valence-electron chi connectivity index (χ0n) is 17.3. The van der Waals surface area contributed by atoms with Crippen LogP contribution in [0.1, 0.15) is 37.7 Å². The molecular formula is C21H30F3N5O. The zero-order valence-corrected chi connectivity index (χ0v) is 17.3. The number of alkyl halides is 3. The minimum atomic E-state index is -4.17. The largest absolute Gasteiger partial charge is 0.401 e. The molecule has 0 aromatic heterocycles. The highest BCUT2D eigenvalue weighted by Crippen LogP contribution is 2.26. The molecule has 1 unspecified atom stereocenters. The predicted molar refractivity (Wildman–Crippen MR) is 111 cm³/mol. The molecule has 1 aromatic rings. The molecule has 1 aromatic carbocycles. The molecule has 9 heteroatoms. The summed E-state index contributed by atoms with van der Waals surface area (Å²) in [7, 11) is 1.63. The molecular weight excluding hydrogens is 395 g/mol. The molecule has 3 rings (SSSR count). The number of aliphatic imine (C=N–C) groups is 1. The molecule has 30 heavy (non-hydrogen) atoms. The average molecular weight is 425 g/mol. The van der Waals surface area contributed by atoms with Crippen molar-refractivity contribution in [2.45, 2.75) is 50.9 Å². The first-order chi connectivity index (χ1) is 14.3. The normalized spacial score (nSPS) is 21.1. The second-order valence-corrected chi connectivity index (χ2v) is 8.08. The van der Waals surface area contributed by atoms with E-state index in [1.54, 1.807) is 7.05 Å². The molecule has 1 saturated carbocycles. The summed E-state index contributed by atoms with van der Waals surface area (Å²) in [5.74, 6) is 0.743. The Kier molecular flexibility index (Phi) is 7.58. The van der Waals surface area contributed by atoms with Gasteiger partial charge < -0.3 is 16.0 Å². The summed E-state index contributed by atoms with van der Waals surface area (Å²) < 4.78 is 37.6. The van der Waals surface area contributed by atoms with Crippen LogP contribution >= 0.6 is 0 Å². The van der Waals surface area contributed by atoms with Crippen molar-refractivity contribution in [2.24, 2.45) is 10.9 Å². The van der Waals surface area contributed by atoms with Crippen LogP contribution in [0.3, 0.4) is 0 Å². The van der Waals surface area contributed by atoms with Gasteiger partial charge in [0.1, 0.15) is 0 Å². The SMILES string of the molecule is CN=C(NCc1cccc(NC(=O)C2CCCC2)c1)NC1CCN(CC(F)(F)F)C1. The van der Waals surface area contributed by atoms with Crippen molar-refractivity contribution in [3.8, 4) is 0 Å². The predicted octanol–water partition coefficient (Wildman–Crippen LogP) is 3.12. The summed E-state index contributed by atoms with van der Waals surface area (Å²) in [6.45, 7) is 0.363. The molecule has 0 bridgehead atoms. The highest BCUT2D eigenvalue weighted by Gasteiger charge is 2.34. The number of rotatable bonds is 6. The van der Waals surface area contributed by atoms with E-state index >= 15 is 0 Å². The van der Waals surface area contributed by atoms with Crippen molar-refractivity contribution in [3.05, 3.63) is 29.8 Å². The Morgan fingerprint density at radius 1 is 1.23 bits per heavy atom. The standard InChI is InChI=1S/C21H30F3N5O/c1-25-20(28-18-9-10-29(13-18)14-21(22,23)24)26-12-15-5-4-8-17(11-15)27-19(30)16-6-2-3-7-16/h4-5,8,11,16,18H,2-3,6-7,9-10,12-14H2,1H3,(H,27,30)(H2,25,26,28). The number of nitrogens with one attached hydrogen (secondary N) is 3. The molecule has 0 spiro atoms. The minimum Gasteiger partial charge on any atom is -0.352 e. The monoisotopic (exact) mass is 425 g/mol. The number of likely N-dealkylation sites (tertiary alicyclic amines) is 1. The highest BCUT2D eigenvalue weighted by atomic mass is 19.4. The van der Waals surface area contributed by atoms with Gasteiger partial charge in [0.15, 0.2) is 5.96 Å². The van der Waals surface area contributed by atoms with Crippen molar-refractivity contribution in [1.29, 1.82) is 0 Å². The lowest BCUT2D eigenvalue weighted by atomic mass is 10.1. The quantitative estimate of drug-likeness (QED) is 0.484. The van der Waals surface area contributed by atoms with Crippen LogP contribution in [0.2, 0.25) is 0 Å². The van der Waals surface area contributed by atoms with E-state index in [1.165, 1.54) is 4.90 Å². The third-order valence-corrected chi connectivity index (χ3v) is 5.62. The number of amides is 1. The number of nitrogens with zero attached hydrogens (tertiary/aromatic N) is 2. The molecule has 3 N–H and O–H groups in total. The number of halogens is 3. The van der Waals surface area contributed by atoms with Crippen molar-refractivity contribution >= 4 is 17.6 Å². The van der Waals surface area contributed by atoms with Crippen LogP contribution < -0.4 is 16.0 Å². The van der Waals surface area contributed by atoms with Gasteiger partial charge >= 0.3 is 6.18 Å². The van der Waals surface area contributed by atoms with Crippen molar-refractivity contribution in [1.82, 2.24) is 15.5 Å². The van der Waals surface area contributed by atoms with E-state index in [-0.39, 0.29) is 17.9 Å². The fraction of sp³-hybridized carbons (Fsp3) is 0.619. The van der Waals surface area contributed by atoms with Crippen LogP contribution in [-0.4, -0.2) is 55.7 Å². The molecule has 1 saturated heterocycles. The number of carbonyl (C=O) groups excluding carboxylic acids is 1. The van der Waals surface area contributed by atoms with E-state index in [1.807, 2.05) is 24.3 Å². The Balaban J connectivity index is 1.46. The zero-order chi connectivity index (χ0) is 21.6. The third kappa shape index (κ3) is 6.90. The Morgan fingerprint density at radius 3 is 2.70 bits per heavy atom. The lowest BCUT2D eigenvalue weighted by Crippen LogP contribution is -2.44. The molecule has 2 aliphatic rings. The summed E-state index contributed by atoms with van der Waals surface area (Å²) in [5, 5.41) is 9.39. The van der Waals surface area contributed by atoms with Crippen molar-refractivity contribution in [2.75, 3.05) is 32.0 Å². The summed E-state index contributed by atoms with van der Waals surface area (Å²) in [6, 6.07) is 7.57. The molecule has 1 atom stereocenters. The van der Waals surface area contributed by atoms with Gasteiger partial charge in [-0.1, -0.05) is 25.0 Å². The van der Waals surface area contributed by atoms with Crippen molar-refractivity contribution < 1.29 is 18.0 Å². The van der Waals surface area contributed by atoms with Crippen LogP contribution in [0.5, 0.6) is 0 Å². The molecule has 6 nitrogen and oxygen atoms in total. The van der Waals surface area contributed by atoms with Gasteiger partial charge in [0.05, 0.1) is 6.54 Å². The van der Waals surface area contributed by atoms with Crippen LogP contribution in [0.4, 0.5) is 18.9 Å². The van der Waals surface area contributed by atoms with Crippen LogP contribution in [0.25, 0.3) is 0 Å². The van der Waals surface area contributed by atoms with E-state index in [9.17, 15) is 18.0 Å². The number of carbonyl (C=O) groups is 1. The highest BCUT2D eigenvalue weighted by molar-refractivity contribution is 5.92. The molecule has 1 amide bonds. The van der Waals surface area contributed by atoms with Gasteiger partial charge in [0.25, 0.3) is 0 Å². The second-order valence-electron chi connectivity index (χ2n) is 8.08. The Labute approximate surface area is 175 Å². The van der Waals surface area contributed by atoms with Gasteiger partial charge in [-0.2, -0.15) is 13.2 Å². The molecule has 0 radical (unpaired) electrons. The second kappa shape index (κ2) is 10.1. The number of anilines is 1. The first kappa shape index (κ1) is 22.4. The van der Waals surface area contributed by atoms with Gasteiger partial charge in [0.2, 0.25) is 5.91 Å². The topological polar surface area (TPSA) is 68.8 Å². The lowest BCUT2D eigenvalue weighted by molar-refractivity contribution is -0.143. The lowest BCUT2D eigenvalue weighted by Gasteiger charge is -2.20. The fourth-order valence-corrected chi connectivity index (χ4v) is 4.11. The number of guanidine groups is 1. The van der Waals surface area contributed by atoms with Crippen LogP contribution in [0, 0.1) is 5.92 Å². The summed E-state index contributed by atoms with van der Waals surface area (Å²) in [4.78, 5) is 17.9. The van der Waals surface area contributed by atoms with E-state index < -0.39 is 12.7 Å². The Hall–Kier alpha value is -2.29. The average Bonchev–Trinajstić information content (AvgIpc) is 3.36. The Bertz CT molecular complexity index is 746. The molecule has 166 valence electrons. The van der Waals surface area contributed by atoms with E-state index in [0.29, 0.717) is 32.0 Å².